The van der Waals surface area contributed by atoms with E-state index < -0.39 is 29.9 Å². The third kappa shape index (κ3) is 4.01. The molecule has 2 aromatic carbocycles. The molecule has 0 radical (unpaired) electrons. The Morgan fingerprint density at radius 3 is 2.65 bits per heavy atom. The van der Waals surface area contributed by atoms with Gasteiger partial charge in [-0.25, -0.2) is 0 Å². The van der Waals surface area contributed by atoms with Crippen LogP contribution in [0.1, 0.15) is 17.5 Å². The third-order valence-electron chi connectivity index (χ3n) is 7.86. The van der Waals surface area contributed by atoms with Gasteiger partial charge in [-0.3, -0.25) is 4.79 Å². The molecular formula is C28H29N7O2. The van der Waals surface area contributed by atoms with E-state index in [0.717, 1.165) is 22.2 Å². The second-order valence-electron chi connectivity index (χ2n) is 10.1. The van der Waals surface area contributed by atoms with E-state index in [-0.39, 0.29) is 11.8 Å². The molecule has 9 heteroatoms. The normalized spacial score (nSPS) is 26.3. The summed E-state index contributed by atoms with van der Waals surface area (Å²) in [6.07, 6.45) is 1.64. The zero-order valence-electron chi connectivity index (χ0n) is 20.3. The van der Waals surface area contributed by atoms with Crippen molar-refractivity contribution in [2.75, 3.05) is 10.6 Å². The summed E-state index contributed by atoms with van der Waals surface area (Å²) < 4.78 is 0. The van der Waals surface area contributed by atoms with Gasteiger partial charge < -0.3 is 31.9 Å². The lowest BCUT2D eigenvalue weighted by atomic mass is 9.72. The highest BCUT2D eigenvalue weighted by Gasteiger charge is 2.61. The molecular weight excluding hydrogens is 466 g/mol. The van der Waals surface area contributed by atoms with Crippen LogP contribution < -0.4 is 16.4 Å². The van der Waals surface area contributed by atoms with Crippen molar-refractivity contribution in [1.82, 2.24) is 15.0 Å². The first-order chi connectivity index (χ1) is 17.9. The number of aliphatic hydroxyl groups excluding tert-OH is 1. The lowest BCUT2D eigenvalue weighted by Gasteiger charge is -2.38. The molecule has 6 unspecified atom stereocenters. The van der Waals surface area contributed by atoms with E-state index in [9.17, 15) is 9.90 Å². The van der Waals surface area contributed by atoms with Gasteiger partial charge in [0.05, 0.1) is 17.4 Å². The number of benzene rings is 2. The first-order valence-electron chi connectivity index (χ1n) is 12.5. The molecule has 2 bridgehead atoms. The summed E-state index contributed by atoms with van der Waals surface area (Å²) in [5, 5.41) is 27.6. The van der Waals surface area contributed by atoms with Gasteiger partial charge in [0.15, 0.2) is 0 Å². The number of aromatic nitrogens is 3. The number of carbonyl (C=O) groups excluding carboxylic acids is 1. The van der Waals surface area contributed by atoms with E-state index in [4.69, 9.17) is 16.1 Å². The maximum atomic E-state index is 12.7. The van der Waals surface area contributed by atoms with Gasteiger partial charge in [0.2, 0.25) is 11.9 Å². The van der Waals surface area contributed by atoms with Crippen LogP contribution in [0.3, 0.4) is 0 Å². The van der Waals surface area contributed by atoms with Gasteiger partial charge in [0, 0.05) is 35.5 Å². The van der Waals surface area contributed by atoms with Crippen molar-refractivity contribution in [2.45, 2.75) is 25.5 Å². The Morgan fingerprint density at radius 2 is 1.89 bits per heavy atom. The Kier molecular flexibility index (Phi) is 5.64. The first kappa shape index (κ1) is 23.2. The van der Waals surface area contributed by atoms with Gasteiger partial charge in [0.1, 0.15) is 11.5 Å². The Morgan fingerprint density at radius 1 is 1.08 bits per heavy atom. The van der Waals surface area contributed by atoms with Crippen LogP contribution in [0.5, 0.6) is 0 Å². The molecule has 6 rings (SSSR count). The number of carbonyl (C=O) groups is 1. The summed E-state index contributed by atoms with van der Waals surface area (Å²) in [6.45, 7) is 2.02. The summed E-state index contributed by atoms with van der Waals surface area (Å²) in [4.78, 5) is 25.2. The second-order valence-corrected chi connectivity index (χ2v) is 10.1. The second kappa shape index (κ2) is 9.01. The number of primary amides is 1. The lowest BCUT2D eigenvalue weighted by molar-refractivity contribution is -0.124. The van der Waals surface area contributed by atoms with Gasteiger partial charge in [-0.1, -0.05) is 42.5 Å². The fraction of sp³-hybridized carbons (Fsp3) is 0.286. The minimum Gasteiger partial charge on any atom is -0.392 e. The minimum atomic E-state index is -0.765. The van der Waals surface area contributed by atoms with E-state index in [1.165, 1.54) is 0 Å². The number of nitrogens with zero attached hydrogens (tertiary/aromatic N) is 2. The summed E-state index contributed by atoms with van der Waals surface area (Å²) in [5.74, 6) is -0.915. The zero-order valence-corrected chi connectivity index (χ0v) is 20.3. The molecule has 2 fully saturated rings. The molecule has 4 aromatic rings. The summed E-state index contributed by atoms with van der Waals surface area (Å²) in [7, 11) is 0. The Bertz CT molecular complexity index is 1480. The Balaban J connectivity index is 1.31. The van der Waals surface area contributed by atoms with E-state index in [2.05, 4.69) is 20.6 Å². The molecule has 188 valence electrons. The van der Waals surface area contributed by atoms with E-state index in [1.54, 1.807) is 6.20 Å². The molecule has 2 aliphatic rings. The first-order valence-corrected chi connectivity index (χ1v) is 12.5. The van der Waals surface area contributed by atoms with Crippen LogP contribution >= 0.6 is 0 Å². The molecule has 2 heterocycles. The molecule has 37 heavy (non-hydrogen) atoms. The van der Waals surface area contributed by atoms with Crippen LogP contribution in [0.2, 0.25) is 0 Å². The van der Waals surface area contributed by atoms with E-state index in [1.807, 2.05) is 67.6 Å². The molecule has 0 saturated heterocycles. The summed E-state index contributed by atoms with van der Waals surface area (Å²) in [6, 6.07) is 18.8. The fourth-order valence-electron chi connectivity index (χ4n) is 6.28. The number of aromatic amines is 1. The molecule has 0 aliphatic heterocycles. The molecule has 1 amide bonds. The van der Waals surface area contributed by atoms with Crippen molar-refractivity contribution in [3.8, 4) is 0 Å². The predicted molar refractivity (Wildman–Crippen MR) is 143 cm³/mol. The molecule has 2 saturated carbocycles. The molecule has 9 nitrogen and oxygen atoms in total. The van der Waals surface area contributed by atoms with E-state index in [0.29, 0.717) is 29.5 Å². The van der Waals surface area contributed by atoms with E-state index >= 15 is 0 Å². The maximum Gasteiger partial charge on any atom is 0.231 e. The third-order valence-corrected chi connectivity index (χ3v) is 7.86. The van der Waals surface area contributed by atoms with Gasteiger partial charge >= 0.3 is 0 Å². The quantitative estimate of drug-likeness (QED) is 0.216. The van der Waals surface area contributed by atoms with Crippen molar-refractivity contribution >= 4 is 40.1 Å². The zero-order chi connectivity index (χ0) is 25.7. The number of H-pyrrole nitrogens is 1. The number of amides is 1. The van der Waals surface area contributed by atoms with Gasteiger partial charge in [-0.05, 0) is 48.6 Å². The maximum absolute atomic E-state index is 12.7. The van der Waals surface area contributed by atoms with Crippen molar-refractivity contribution in [3.05, 3.63) is 78.0 Å². The van der Waals surface area contributed by atoms with Gasteiger partial charge in [-0.2, -0.15) is 9.97 Å². The highest BCUT2D eigenvalue weighted by Crippen LogP contribution is 2.54. The number of hydrogen-bond acceptors (Lipinski definition) is 7. The number of anilines is 3. The van der Waals surface area contributed by atoms with Gasteiger partial charge in [-0.15, -0.1) is 0 Å². The van der Waals surface area contributed by atoms with Crippen LogP contribution in [0.4, 0.5) is 17.5 Å². The van der Waals surface area contributed by atoms with Crippen LogP contribution in [0.15, 0.2) is 66.9 Å². The standard InChI is InChI=1S/C28H29N7O2/c1-14-6-5-9-16(12-14)32-28-34-26-17(10-11-31-26)27(35-28)33-23-19-13-18(21(23)25(30)37)20(24(19)36)22(29)15-7-3-2-4-8-15/h2-12,18-21,23-24,29,36H,13H2,1H3,(H2,30,37)(H3,31,32,33,34,35). The average Bonchev–Trinajstić information content (AvgIpc) is 3.58. The summed E-state index contributed by atoms with van der Waals surface area (Å²) >= 11 is 0. The molecule has 7 N–H and O–H groups in total. The van der Waals surface area contributed by atoms with Gasteiger partial charge in [0.25, 0.3) is 0 Å². The Labute approximate surface area is 214 Å². The Hall–Kier alpha value is -4.24. The monoisotopic (exact) mass is 495 g/mol. The number of fused-ring (bicyclic) bond motifs is 3. The van der Waals surface area contributed by atoms with Crippen molar-refractivity contribution in [3.63, 3.8) is 0 Å². The molecule has 2 aromatic heterocycles. The van der Waals surface area contributed by atoms with Crippen molar-refractivity contribution < 1.29 is 9.90 Å². The smallest absolute Gasteiger partial charge is 0.231 e. The fourth-order valence-corrected chi connectivity index (χ4v) is 6.28. The number of nitrogens with one attached hydrogen (secondary N) is 4. The van der Waals surface area contributed by atoms with Crippen LogP contribution in [-0.2, 0) is 4.79 Å². The lowest BCUT2D eigenvalue weighted by Crippen LogP contribution is -2.52. The van der Waals surface area contributed by atoms with Crippen molar-refractivity contribution in [2.24, 2.45) is 29.4 Å². The minimum absolute atomic E-state index is 0.226. The largest absolute Gasteiger partial charge is 0.392 e. The number of hydrogen-bond donors (Lipinski definition) is 6. The molecule has 0 spiro atoms. The highest BCUT2D eigenvalue weighted by molar-refractivity contribution is 6.01. The number of rotatable bonds is 7. The number of aryl methyl sites for hydroxylation is 1. The predicted octanol–water partition coefficient (Wildman–Crippen LogP) is 3.59. The summed E-state index contributed by atoms with van der Waals surface area (Å²) in [5.41, 5.74) is 9.66. The SMILES string of the molecule is Cc1cccc(Nc2nc(NC3C4CC(C(C(=N)c5ccccc5)C4O)C3C(N)=O)c3cc[nH]c3n2)c1. The topological polar surface area (TPSA) is 153 Å². The average molecular weight is 496 g/mol. The van der Waals surface area contributed by atoms with Crippen LogP contribution in [0, 0.1) is 36.0 Å². The van der Waals surface area contributed by atoms with Crippen molar-refractivity contribution in [1.29, 1.82) is 5.41 Å². The number of aliphatic hydroxyl groups is 1. The molecule has 6 atom stereocenters. The molecule has 2 aliphatic carbocycles. The van der Waals surface area contributed by atoms with Crippen LogP contribution in [-0.4, -0.2) is 43.8 Å². The highest BCUT2D eigenvalue weighted by atomic mass is 16.3. The number of nitrogens with two attached hydrogens (primary N) is 1. The van der Waals surface area contributed by atoms with Crippen LogP contribution in [0.25, 0.3) is 11.0 Å².